The number of aliphatic hydroxyl groups is 1. The number of rotatable bonds is 4. The molecule has 0 unspecified atom stereocenters. The normalized spacial score (nSPS) is 46.1. The third-order valence-corrected chi connectivity index (χ3v) is 8.72. The lowest BCUT2D eigenvalue weighted by atomic mass is 9.48. The molecule has 4 nitrogen and oxygen atoms in total. The third-order valence-electron chi connectivity index (χ3n) is 8.72. The van der Waals surface area contributed by atoms with Gasteiger partial charge in [0.15, 0.2) is 0 Å². The molecule has 0 saturated heterocycles. The lowest BCUT2D eigenvalue weighted by Crippen LogP contribution is -2.51. The van der Waals surface area contributed by atoms with Gasteiger partial charge in [0.1, 0.15) is 6.10 Å². The SMILES string of the molecule is CC(=O)O[C@H]1CC[C@H]2[C@@H]3CC=C4C[C@@H](OCCO)CC[C@]4(C)[C@H]3CC[C@]12C. The van der Waals surface area contributed by atoms with Gasteiger partial charge in [0.2, 0.25) is 0 Å². The first-order valence-electron chi connectivity index (χ1n) is 11.0. The largest absolute Gasteiger partial charge is 0.462 e. The van der Waals surface area contributed by atoms with Gasteiger partial charge in [-0.05, 0) is 74.5 Å². The van der Waals surface area contributed by atoms with E-state index in [4.69, 9.17) is 14.6 Å². The second kappa shape index (κ2) is 7.18. The van der Waals surface area contributed by atoms with Crippen molar-refractivity contribution < 1.29 is 19.4 Å². The summed E-state index contributed by atoms with van der Waals surface area (Å²) < 4.78 is 11.6. The molecule has 3 fully saturated rings. The van der Waals surface area contributed by atoms with Crippen LogP contribution >= 0.6 is 0 Å². The first-order chi connectivity index (χ1) is 12.9. The minimum Gasteiger partial charge on any atom is -0.462 e. The fourth-order valence-electron chi connectivity index (χ4n) is 7.34. The van der Waals surface area contributed by atoms with E-state index in [2.05, 4.69) is 19.9 Å². The summed E-state index contributed by atoms with van der Waals surface area (Å²) in [5.41, 5.74) is 2.08. The van der Waals surface area contributed by atoms with Gasteiger partial charge in [-0.25, -0.2) is 0 Å². The quantitative estimate of drug-likeness (QED) is 0.588. The monoisotopic (exact) mass is 376 g/mol. The predicted molar refractivity (Wildman–Crippen MR) is 104 cm³/mol. The summed E-state index contributed by atoms with van der Waals surface area (Å²) in [6.07, 6.45) is 12.1. The van der Waals surface area contributed by atoms with Crippen LogP contribution in [0.5, 0.6) is 0 Å². The Labute approximate surface area is 163 Å². The molecular weight excluding hydrogens is 340 g/mol. The van der Waals surface area contributed by atoms with E-state index in [1.807, 2.05) is 0 Å². The van der Waals surface area contributed by atoms with Crippen molar-refractivity contribution in [3.63, 3.8) is 0 Å². The Morgan fingerprint density at radius 2 is 2.00 bits per heavy atom. The number of ether oxygens (including phenoxy) is 2. The number of esters is 1. The van der Waals surface area contributed by atoms with Crippen molar-refractivity contribution >= 4 is 5.97 Å². The molecule has 0 heterocycles. The van der Waals surface area contributed by atoms with Crippen LogP contribution in [0.4, 0.5) is 0 Å². The minimum absolute atomic E-state index is 0.112. The van der Waals surface area contributed by atoms with Crippen LogP contribution in [0.15, 0.2) is 11.6 Å². The summed E-state index contributed by atoms with van der Waals surface area (Å²) in [6, 6.07) is 0. The number of fused-ring (bicyclic) bond motifs is 5. The Bertz CT molecular complexity index is 613. The lowest BCUT2D eigenvalue weighted by molar-refractivity contribution is -0.156. The van der Waals surface area contributed by atoms with E-state index in [1.54, 1.807) is 12.5 Å². The fourth-order valence-corrected chi connectivity index (χ4v) is 7.34. The zero-order valence-electron chi connectivity index (χ0n) is 17.2. The summed E-state index contributed by atoms with van der Waals surface area (Å²) in [4.78, 5) is 11.6. The van der Waals surface area contributed by atoms with Gasteiger partial charge in [0.25, 0.3) is 0 Å². The van der Waals surface area contributed by atoms with Gasteiger partial charge in [-0.15, -0.1) is 0 Å². The zero-order valence-corrected chi connectivity index (χ0v) is 17.2. The lowest BCUT2D eigenvalue weighted by Gasteiger charge is -2.57. The molecule has 0 amide bonds. The number of carbonyl (C=O) groups is 1. The van der Waals surface area contributed by atoms with Gasteiger partial charge in [-0.2, -0.15) is 0 Å². The summed E-state index contributed by atoms with van der Waals surface area (Å²) in [5, 5.41) is 9.05. The predicted octanol–water partition coefficient (Wildman–Crippen LogP) is 4.26. The molecule has 0 aromatic rings. The molecule has 0 spiro atoms. The van der Waals surface area contributed by atoms with Crippen molar-refractivity contribution in [2.24, 2.45) is 28.6 Å². The molecule has 4 aliphatic rings. The zero-order chi connectivity index (χ0) is 19.2. The van der Waals surface area contributed by atoms with Crippen molar-refractivity contribution in [1.82, 2.24) is 0 Å². The summed E-state index contributed by atoms with van der Waals surface area (Å²) >= 11 is 0. The maximum absolute atomic E-state index is 11.6. The Hall–Kier alpha value is -0.870. The third kappa shape index (κ3) is 3.17. The average molecular weight is 377 g/mol. The fraction of sp³-hybridized carbons (Fsp3) is 0.870. The number of carbonyl (C=O) groups excluding carboxylic acids is 1. The van der Waals surface area contributed by atoms with E-state index >= 15 is 0 Å². The van der Waals surface area contributed by atoms with Crippen LogP contribution < -0.4 is 0 Å². The van der Waals surface area contributed by atoms with Crippen LogP contribution in [0.3, 0.4) is 0 Å². The second-order valence-electron chi connectivity index (χ2n) is 9.94. The molecule has 0 bridgehead atoms. The molecule has 4 rings (SSSR count). The van der Waals surface area contributed by atoms with Gasteiger partial charge in [-0.3, -0.25) is 4.79 Å². The molecule has 4 aliphatic carbocycles. The van der Waals surface area contributed by atoms with Crippen LogP contribution in [-0.4, -0.2) is 36.5 Å². The maximum atomic E-state index is 11.6. The smallest absolute Gasteiger partial charge is 0.302 e. The Morgan fingerprint density at radius 1 is 1.19 bits per heavy atom. The molecule has 3 saturated carbocycles. The van der Waals surface area contributed by atoms with E-state index in [0.717, 1.165) is 31.1 Å². The molecule has 1 N–H and O–H groups in total. The molecule has 4 heteroatoms. The van der Waals surface area contributed by atoms with Crippen LogP contribution in [0.2, 0.25) is 0 Å². The second-order valence-corrected chi connectivity index (χ2v) is 9.94. The highest BCUT2D eigenvalue weighted by Gasteiger charge is 2.59. The van der Waals surface area contributed by atoms with E-state index in [0.29, 0.717) is 17.9 Å². The summed E-state index contributed by atoms with van der Waals surface area (Å²) in [5.74, 6) is 2.04. The van der Waals surface area contributed by atoms with Crippen molar-refractivity contribution in [3.05, 3.63) is 11.6 Å². The topological polar surface area (TPSA) is 55.8 Å². The van der Waals surface area contributed by atoms with E-state index < -0.39 is 0 Å². The van der Waals surface area contributed by atoms with Gasteiger partial charge in [0.05, 0.1) is 19.3 Å². The maximum Gasteiger partial charge on any atom is 0.302 e. The highest BCUT2D eigenvalue weighted by molar-refractivity contribution is 5.66. The van der Waals surface area contributed by atoms with Gasteiger partial charge in [0, 0.05) is 12.3 Å². The number of allylic oxidation sites excluding steroid dienone is 1. The number of hydrogen-bond donors (Lipinski definition) is 1. The highest BCUT2D eigenvalue weighted by Crippen LogP contribution is 2.65. The molecule has 0 aliphatic heterocycles. The minimum atomic E-state index is -0.122. The van der Waals surface area contributed by atoms with Crippen LogP contribution in [0, 0.1) is 28.6 Å². The average Bonchev–Trinajstić information content (AvgIpc) is 2.96. The van der Waals surface area contributed by atoms with E-state index in [-0.39, 0.29) is 30.2 Å². The van der Waals surface area contributed by atoms with Crippen LogP contribution in [0.25, 0.3) is 0 Å². The Balaban J connectivity index is 1.53. The van der Waals surface area contributed by atoms with E-state index in [9.17, 15) is 4.79 Å². The van der Waals surface area contributed by atoms with Gasteiger partial charge in [-0.1, -0.05) is 25.5 Å². The van der Waals surface area contributed by atoms with Crippen molar-refractivity contribution in [3.8, 4) is 0 Å². The Morgan fingerprint density at radius 3 is 2.74 bits per heavy atom. The standard InChI is InChI=1S/C23H36O4/c1-15(25)27-21-7-6-19-18-5-4-16-14-17(26-13-12-24)8-10-22(16,2)20(18)9-11-23(19,21)3/h4,17-21,24H,5-14H2,1-3H3/t17-,18-,19-,20-,21-,22-,23-/m0/s1. The molecule has 152 valence electrons. The first-order valence-corrected chi connectivity index (χ1v) is 11.0. The van der Waals surface area contributed by atoms with Crippen molar-refractivity contribution in [2.45, 2.75) is 84.3 Å². The summed E-state index contributed by atoms with van der Waals surface area (Å²) in [7, 11) is 0. The van der Waals surface area contributed by atoms with Crippen molar-refractivity contribution in [2.75, 3.05) is 13.2 Å². The molecule has 7 atom stereocenters. The molecule has 0 radical (unpaired) electrons. The number of aliphatic hydroxyl groups excluding tert-OH is 1. The van der Waals surface area contributed by atoms with Crippen LogP contribution in [0.1, 0.15) is 72.1 Å². The van der Waals surface area contributed by atoms with E-state index in [1.165, 1.54) is 32.1 Å². The molecule has 0 aromatic carbocycles. The van der Waals surface area contributed by atoms with Gasteiger partial charge < -0.3 is 14.6 Å². The Kier molecular flexibility index (Phi) is 5.17. The molecular formula is C23H36O4. The van der Waals surface area contributed by atoms with Gasteiger partial charge >= 0.3 is 5.97 Å². The highest BCUT2D eigenvalue weighted by atomic mass is 16.5. The van der Waals surface area contributed by atoms with Crippen molar-refractivity contribution in [1.29, 1.82) is 0 Å². The molecule has 0 aromatic heterocycles. The van der Waals surface area contributed by atoms with Crippen LogP contribution in [-0.2, 0) is 14.3 Å². The number of hydrogen-bond acceptors (Lipinski definition) is 4. The first kappa shape index (κ1) is 19.4. The summed E-state index contributed by atoms with van der Waals surface area (Å²) in [6.45, 7) is 7.00. The molecule has 27 heavy (non-hydrogen) atoms.